The van der Waals surface area contributed by atoms with E-state index >= 15 is 0 Å². The first-order chi connectivity index (χ1) is 21.1. The highest BCUT2D eigenvalue weighted by molar-refractivity contribution is 6.31. The van der Waals surface area contributed by atoms with Gasteiger partial charge in [-0.15, -0.1) is 0 Å². The van der Waals surface area contributed by atoms with E-state index in [2.05, 4.69) is 20.9 Å². The number of nitrogens with zero attached hydrogens (tertiary/aromatic N) is 2. The number of hydrogen-bond donors (Lipinski definition) is 5. The smallest absolute Gasteiger partial charge is 0.412 e. The molecule has 10 nitrogen and oxygen atoms in total. The molecule has 1 aromatic heterocycles. The van der Waals surface area contributed by atoms with Gasteiger partial charge in [-0.05, 0) is 88.4 Å². The van der Waals surface area contributed by atoms with E-state index in [4.69, 9.17) is 16.3 Å². The topological polar surface area (TPSA) is 136 Å². The third-order valence-electron chi connectivity index (χ3n) is 6.58. The van der Waals surface area contributed by atoms with Gasteiger partial charge in [0, 0.05) is 31.2 Å². The SMILES string of the molecule is CC(C)(O)CN(CCC[C@@H](COC(=O)Nc1cc2cc(F)ccc2cn1)NC(=O)CNCc1cccc(F)c1Cl)CC(C)(C)O. The summed E-state index contributed by atoms with van der Waals surface area (Å²) < 4.78 is 32.8. The van der Waals surface area contributed by atoms with Crippen molar-refractivity contribution in [2.24, 2.45) is 0 Å². The van der Waals surface area contributed by atoms with Gasteiger partial charge in [0.25, 0.3) is 0 Å². The highest BCUT2D eigenvalue weighted by atomic mass is 35.5. The van der Waals surface area contributed by atoms with E-state index in [1.165, 1.54) is 36.5 Å². The third kappa shape index (κ3) is 13.2. The number of benzene rings is 2. The van der Waals surface area contributed by atoms with Crippen LogP contribution in [0.1, 0.15) is 46.1 Å². The Morgan fingerprint density at radius 1 is 1.04 bits per heavy atom. The Kier molecular flexibility index (Phi) is 13.0. The van der Waals surface area contributed by atoms with Crippen LogP contribution in [0.15, 0.2) is 48.7 Å². The molecule has 5 N–H and O–H groups in total. The first kappa shape index (κ1) is 36.1. The average Bonchev–Trinajstić information content (AvgIpc) is 2.92. The van der Waals surface area contributed by atoms with Crippen molar-refractivity contribution >= 4 is 40.2 Å². The molecule has 0 radical (unpaired) electrons. The Morgan fingerprint density at radius 3 is 2.44 bits per heavy atom. The molecule has 3 aromatic rings. The van der Waals surface area contributed by atoms with E-state index in [9.17, 15) is 28.6 Å². The van der Waals surface area contributed by atoms with Crippen LogP contribution in [0.4, 0.5) is 19.4 Å². The molecule has 0 aliphatic heterocycles. The van der Waals surface area contributed by atoms with Crippen molar-refractivity contribution in [2.75, 3.05) is 38.1 Å². The van der Waals surface area contributed by atoms with Gasteiger partial charge in [-0.3, -0.25) is 15.0 Å². The molecule has 0 aliphatic rings. The summed E-state index contributed by atoms with van der Waals surface area (Å²) in [6.07, 6.45) is 1.66. The van der Waals surface area contributed by atoms with Crippen LogP contribution in [0.2, 0.25) is 5.02 Å². The summed E-state index contributed by atoms with van der Waals surface area (Å²) in [7, 11) is 0. The zero-order valence-corrected chi connectivity index (χ0v) is 26.8. The maximum Gasteiger partial charge on any atom is 0.412 e. The van der Waals surface area contributed by atoms with E-state index in [0.717, 1.165) is 0 Å². The number of aromatic nitrogens is 1. The lowest BCUT2D eigenvalue weighted by molar-refractivity contribution is -0.121. The van der Waals surface area contributed by atoms with Crippen molar-refractivity contribution in [1.82, 2.24) is 20.5 Å². The highest BCUT2D eigenvalue weighted by Gasteiger charge is 2.24. The third-order valence-corrected chi connectivity index (χ3v) is 7.00. The molecule has 0 unspecified atom stereocenters. The van der Waals surface area contributed by atoms with Gasteiger partial charge in [-0.1, -0.05) is 23.7 Å². The van der Waals surface area contributed by atoms with E-state index in [1.807, 2.05) is 4.90 Å². The van der Waals surface area contributed by atoms with Crippen LogP contribution in [-0.4, -0.2) is 82.1 Å². The number of nitrogens with one attached hydrogen (secondary N) is 3. The number of carbonyl (C=O) groups is 2. The van der Waals surface area contributed by atoms with E-state index < -0.39 is 35.0 Å². The molecule has 0 saturated heterocycles. The normalized spacial score (nSPS) is 12.8. The molecule has 3 rings (SSSR count). The fourth-order valence-corrected chi connectivity index (χ4v) is 5.03. The second-order valence-electron chi connectivity index (χ2n) is 12.3. The van der Waals surface area contributed by atoms with Crippen molar-refractivity contribution in [1.29, 1.82) is 0 Å². The van der Waals surface area contributed by atoms with Crippen LogP contribution in [0.25, 0.3) is 10.8 Å². The lowest BCUT2D eigenvalue weighted by Gasteiger charge is -2.33. The molecule has 1 atom stereocenters. The molecular formula is C32H42ClF2N5O5. The Labute approximate surface area is 267 Å². The van der Waals surface area contributed by atoms with Gasteiger partial charge >= 0.3 is 6.09 Å². The predicted molar refractivity (Wildman–Crippen MR) is 170 cm³/mol. The summed E-state index contributed by atoms with van der Waals surface area (Å²) in [6, 6.07) is 9.61. The number of carbonyl (C=O) groups excluding carboxylic acids is 2. The zero-order chi connectivity index (χ0) is 33.2. The summed E-state index contributed by atoms with van der Waals surface area (Å²) in [4.78, 5) is 31.5. The van der Waals surface area contributed by atoms with E-state index in [1.54, 1.807) is 39.8 Å². The number of pyridine rings is 1. The van der Waals surface area contributed by atoms with Gasteiger partial charge in [0.15, 0.2) is 0 Å². The zero-order valence-electron chi connectivity index (χ0n) is 26.0. The van der Waals surface area contributed by atoms with Crippen molar-refractivity contribution in [3.8, 4) is 0 Å². The first-order valence-corrected chi connectivity index (χ1v) is 15.0. The molecule has 0 bridgehead atoms. The van der Waals surface area contributed by atoms with Gasteiger partial charge in [0.1, 0.15) is 24.1 Å². The monoisotopic (exact) mass is 649 g/mol. The van der Waals surface area contributed by atoms with Crippen LogP contribution < -0.4 is 16.0 Å². The molecule has 0 spiro atoms. The number of fused-ring (bicyclic) bond motifs is 1. The summed E-state index contributed by atoms with van der Waals surface area (Å²) in [5, 5.41) is 30.2. The number of halogens is 3. The van der Waals surface area contributed by atoms with Crippen LogP contribution in [0, 0.1) is 11.6 Å². The number of rotatable bonds is 16. The molecule has 0 fully saturated rings. The summed E-state index contributed by atoms with van der Waals surface area (Å²) >= 11 is 5.99. The first-order valence-electron chi connectivity index (χ1n) is 14.7. The second kappa shape index (κ2) is 16.2. The van der Waals surface area contributed by atoms with Crippen LogP contribution >= 0.6 is 11.6 Å². The summed E-state index contributed by atoms with van der Waals surface area (Å²) in [5.41, 5.74) is -1.47. The van der Waals surface area contributed by atoms with Gasteiger partial charge in [0.05, 0.1) is 28.8 Å². The van der Waals surface area contributed by atoms with Gasteiger partial charge in [-0.25, -0.2) is 18.6 Å². The molecule has 13 heteroatoms. The molecule has 1 heterocycles. The van der Waals surface area contributed by atoms with Crippen LogP contribution in [-0.2, 0) is 16.1 Å². The number of hydrogen-bond acceptors (Lipinski definition) is 8. The number of aliphatic hydroxyl groups is 2. The Balaban J connectivity index is 1.60. The summed E-state index contributed by atoms with van der Waals surface area (Å²) in [5.74, 6) is -1.17. The van der Waals surface area contributed by atoms with Crippen molar-refractivity contribution in [3.63, 3.8) is 0 Å². The van der Waals surface area contributed by atoms with Crippen molar-refractivity contribution in [3.05, 3.63) is 70.9 Å². The number of ether oxygens (including phenoxy) is 1. The standard InChI is InChI=1S/C32H42ClF2N5O5/c1-31(2,43)19-40(20-32(3,4)44)12-6-8-25(38-28(41)17-36-15-22-7-5-9-26(35)29(22)33)18-45-30(42)39-27-14-23-13-24(34)11-10-21(23)16-37-27/h5,7,9-11,13-14,16,25,36,43-44H,6,8,12,15,17-20H2,1-4H3,(H,38,41)(H,37,39,42)/t25-/m0/s1. The maximum atomic E-state index is 13.7. The second-order valence-corrected chi connectivity index (χ2v) is 12.7. The maximum absolute atomic E-state index is 13.7. The minimum absolute atomic E-state index is 0.0181. The quantitative estimate of drug-likeness (QED) is 0.152. The lowest BCUT2D eigenvalue weighted by atomic mass is 10.0. The number of anilines is 1. The van der Waals surface area contributed by atoms with Gasteiger partial charge in [0.2, 0.25) is 5.91 Å². The average molecular weight is 650 g/mol. The van der Waals surface area contributed by atoms with Crippen molar-refractivity contribution < 1.29 is 33.3 Å². The molecule has 2 aromatic carbocycles. The molecule has 246 valence electrons. The summed E-state index contributed by atoms with van der Waals surface area (Å²) in [6.45, 7) is 7.79. The Hall–Kier alpha value is -3.42. The molecule has 0 saturated carbocycles. The Morgan fingerprint density at radius 2 is 1.76 bits per heavy atom. The van der Waals surface area contributed by atoms with E-state index in [0.29, 0.717) is 48.8 Å². The molecule has 0 aliphatic carbocycles. The van der Waals surface area contributed by atoms with Gasteiger partial charge < -0.3 is 25.6 Å². The molecule has 2 amide bonds. The fourth-order valence-electron chi connectivity index (χ4n) is 4.84. The van der Waals surface area contributed by atoms with E-state index in [-0.39, 0.29) is 36.4 Å². The predicted octanol–water partition coefficient (Wildman–Crippen LogP) is 4.61. The minimum Gasteiger partial charge on any atom is -0.447 e. The molecule has 45 heavy (non-hydrogen) atoms. The van der Waals surface area contributed by atoms with Crippen LogP contribution in [0.3, 0.4) is 0 Å². The fraction of sp³-hybridized carbons (Fsp3) is 0.469. The highest BCUT2D eigenvalue weighted by Crippen LogP contribution is 2.20. The minimum atomic E-state index is -0.987. The lowest BCUT2D eigenvalue weighted by Crippen LogP contribution is -2.46. The van der Waals surface area contributed by atoms with Crippen molar-refractivity contribution in [2.45, 2.75) is 64.3 Å². The Bertz CT molecular complexity index is 1430. The van der Waals surface area contributed by atoms with Gasteiger partial charge in [-0.2, -0.15) is 0 Å². The largest absolute Gasteiger partial charge is 0.447 e. The van der Waals surface area contributed by atoms with Crippen LogP contribution in [0.5, 0.6) is 0 Å². The molecular weight excluding hydrogens is 608 g/mol. The number of amides is 2.